The summed E-state index contributed by atoms with van der Waals surface area (Å²) >= 11 is 9.44. The third-order valence-corrected chi connectivity index (χ3v) is 3.24. The van der Waals surface area contributed by atoms with Crippen LogP contribution in [-0.2, 0) is 0 Å². The van der Waals surface area contributed by atoms with E-state index in [1.165, 1.54) is 0 Å². The maximum absolute atomic E-state index is 6.07. The van der Waals surface area contributed by atoms with Crippen LogP contribution in [0.5, 0.6) is 5.75 Å². The first kappa shape index (κ1) is 10.3. The first-order valence-electron chi connectivity index (χ1n) is 4.47. The molecular weight excluding hydrogens is 265 g/mol. The van der Waals surface area contributed by atoms with Crippen LogP contribution in [0.2, 0.25) is 5.02 Å². The molecule has 1 aliphatic rings. The summed E-state index contributed by atoms with van der Waals surface area (Å²) in [6.45, 7) is 2.71. The largest absolute Gasteiger partial charge is 0.491 e. The summed E-state index contributed by atoms with van der Waals surface area (Å²) < 4.78 is 6.50. The fourth-order valence-corrected chi connectivity index (χ4v) is 2.49. The van der Waals surface area contributed by atoms with Crippen molar-refractivity contribution in [1.29, 1.82) is 0 Å². The van der Waals surface area contributed by atoms with Gasteiger partial charge < -0.3 is 10.5 Å². The fourth-order valence-electron chi connectivity index (χ4n) is 1.61. The minimum atomic E-state index is 0.00810. The highest BCUT2D eigenvalue weighted by molar-refractivity contribution is 9.10. The molecule has 0 aliphatic carbocycles. The Labute approximate surface area is 96.5 Å². The first-order valence-corrected chi connectivity index (χ1v) is 5.64. The minimum absolute atomic E-state index is 0.00810. The lowest BCUT2D eigenvalue weighted by Crippen LogP contribution is -2.29. The topological polar surface area (TPSA) is 35.2 Å². The minimum Gasteiger partial charge on any atom is -0.491 e. The Morgan fingerprint density at radius 1 is 1.57 bits per heavy atom. The van der Waals surface area contributed by atoms with Gasteiger partial charge in [0.25, 0.3) is 0 Å². The zero-order valence-corrected chi connectivity index (χ0v) is 10.1. The summed E-state index contributed by atoms with van der Waals surface area (Å²) in [5.41, 5.74) is 7.06. The molecular formula is C10H11BrClNO. The normalized spacial score (nSPS) is 25.4. The summed E-state index contributed by atoms with van der Waals surface area (Å²) in [5, 5.41) is 0.622. The molecule has 2 rings (SSSR count). The molecule has 76 valence electrons. The zero-order valence-electron chi connectivity index (χ0n) is 7.76. The smallest absolute Gasteiger partial charge is 0.142 e. The van der Waals surface area contributed by atoms with Gasteiger partial charge in [-0.3, -0.25) is 0 Å². The summed E-state index contributed by atoms with van der Waals surface area (Å²) in [5.74, 6) is 1.06. The van der Waals surface area contributed by atoms with Crippen molar-refractivity contribution in [3.63, 3.8) is 0 Å². The van der Waals surface area contributed by atoms with Crippen molar-refractivity contribution in [2.24, 2.45) is 11.7 Å². The predicted octanol–water partition coefficient (Wildman–Crippen LogP) is 3.13. The lowest BCUT2D eigenvalue weighted by Gasteiger charge is -2.29. The van der Waals surface area contributed by atoms with Gasteiger partial charge in [0.1, 0.15) is 5.75 Å². The molecule has 2 atom stereocenters. The standard InChI is InChI=1S/C10H11BrClNO/c1-5-4-14-10-7(9(5)13)2-6(11)3-8(10)12/h2-3,5,9H,4,13H2,1H3. The van der Waals surface area contributed by atoms with Crippen molar-refractivity contribution in [2.75, 3.05) is 6.61 Å². The van der Waals surface area contributed by atoms with E-state index in [0.29, 0.717) is 17.5 Å². The molecule has 0 fully saturated rings. The van der Waals surface area contributed by atoms with Crippen LogP contribution in [0.1, 0.15) is 18.5 Å². The van der Waals surface area contributed by atoms with E-state index in [-0.39, 0.29) is 6.04 Å². The van der Waals surface area contributed by atoms with Crippen LogP contribution in [0, 0.1) is 5.92 Å². The Kier molecular flexibility index (Phi) is 2.73. The number of nitrogens with two attached hydrogens (primary N) is 1. The van der Waals surface area contributed by atoms with Crippen molar-refractivity contribution in [1.82, 2.24) is 0 Å². The molecule has 1 aliphatic heterocycles. The number of rotatable bonds is 0. The number of hydrogen-bond donors (Lipinski definition) is 1. The molecule has 0 bridgehead atoms. The average molecular weight is 277 g/mol. The maximum atomic E-state index is 6.07. The number of benzene rings is 1. The lowest BCUT2D eigenvalue weighted by molar-refractivity contribution is 0.207. The van der Waals surface area contributed by atoms with Crippen LogP contribution >= 0.6 is 27.5 Å². The first-order chi connectivity index (χ1) is 6.59. The van der Waals surface area contributed by atoms with E-state index in [9.17, 15) is 0 Å². The molecule has 0 aromatic heterocycles. The SMILES string of the molecule is CC1COc2c(Cl)cc(Br)cc2C1N. The molecule has 1 heterocycles. The van der Waals surface area contributed by atoms with Crippen molar-refractivity contribution in [3.8, 4) is 5.75 Å². The lowest BCUT2D eigenvalue weighted by atomic mass is 9.93. The van der Waals surface area contributed by atoms with E-state index in [0.717, 1.165) is 15.8 Å². The van der Waals surface area contributed by atoms with Crippen molar-refractivity contribution in [3.05, 3.63) is 27.2 Å². The van der Waals surface area contributed by atoms with Gasteiger partial charge in [-0.15, -0.1) is 0 Å². The Bertz CT molecular complexity index is 369. The Balaban J connectivity index is 2.54. The molecule has 1 aromatic rings. The second-order valence-corrected chi connectivity index (χ2v) is 4.94. The number of halogens is 2. The zero-order chi connectivity index (χ0) is 10.3. The molecule has 0 radical (unpaired) electrons. The molecule has 1 aromatic carbocycles. The van der Waals surface area contributed by atoms with Gasteiger partial charge in [0.2, 0.25) is 0 Å². The summed E-state index contributed by atoms with van der Waals surface area (Å²) in [6, 6.07) is 3.80. The molecule has 2 nitrogen and oxygen atoms in total. The highest BCUT2D eigenvalue weighted by Crippen LogP contribution is 2.40. The van der Waals surface area contributed by atoms with Crippen molar-refractivity contribution in [2.45, 2.75) is 13.0 Å². The van der Waals surface area contributed by atoms with Gasteiger partial charge in [-0.1, -0.05) is 34.5 Å². The van der Waals surface area contributed by atoms with E-state index in [1.54, 1.807) is 0 Å². The monoisotopic (exact) mass is 275 g/mol. The summed E-state index contributed by atoms with van der Waals surface area (Å²) in [6.07, 6.45) is 0. The third-order valence-electron chi connectivity index (χ3n) is 2.50. The van der Waals surface area contributed by atoms with E-state index in [1.807, 2.05) is 12.1 Å². The number of ether oxygens (including phenoxy) is 1. The molecule has 2 unspecified atom stereocenters. The maximum Gasteiger partial charge on any atom is 0.142 e. The van der Waals surface area contributed by atoms with E-state index in [4.69, 9.17) is 22.1 Å². The highest BCUT2D eigenvalue weighted by Gasteiger charge is 2.26. The fraction of sp³-hybridized carbons (Fsp3) is 0.400. The quantitative estimate of drug-likeness (QED) is 0.790. The molecule has 14 heavy (non-hydrogen) atoms. The molecule has 4 heteroatoms. The Morgan fingerprint density at radius 3 is 3.00 bits per heavy atom. The molecule has 2 N–H and O–H groups in total. The van der Waals surface area contributed by atoms with Crippen LogP contribution in [0.3, 0.4) is 0 Å². The predicted molar refractivity (Wildman–Crippen MR) is 60.7 cm³/mol. The number of fused-ring (bicyclic) bond motifs is 1. The van der Waals surface area contributed by atoms with Crippen LogP contribution in [-0.4, -0.2) is 6.61 Å². The van der Waals surface area contributed by atoms with Crippen molar-refractivity contribution >= 4 is 27.5 Å². The van der Waals surface area contributed by atoms with Gasteiger partial charge in [-0.2, -0.15) is 0 Å². The molecule has 0 spiro atoms. The summed E-state index contributed by atoms with van der Waals surface area (Å²) in [7, 11) is 0. The van der Waals surface area contributed by atoms with Gasteiger partial charge in [-0.25, -0.2) is 0 Å². The summed E-state index contributed by atoms with van der Waals surface area (Å²) in [4.78, 5) is 0. The second kappa shape index (κ2) is 3.72. The van der Waals surface area contributed by atoms with Gasteiger partial charge in [0.05, 0.1) is 11.6 Å². The van der Waals surface area contributed by atoms with Crippen molar-refractivity contribution < 1.29 is 4.74 Å². The van der Waals surface area contributed by atoms with Crippen LogP contribution in [0.25, 0.3) is 0 Å². The third kappa shape index (κ3) is 1.64. The van der Waals surface area contributed by atoms with Gasteiger partial charge in [0, 0.05) is 22.0 Å². The molecule has 0 saturated carbocycles. The van der Waals surface area contributed by atoms with E-state index >= 15 is 0 Å². The van der Waals surface area contributed by atoms with Crippen LogP contribution < -0.4 is 10.5 Å². The highest BCUT2D eigenvalue weighted by atomic mass is 79.9. The van der Waals surface area contributed by atoms with E-state index in [2.05, 4.69) is 22.9 Å². The van der Waals surface area contributed by atoms with E-state index < -0.39 is 0 Å². The van der Waals surface area contributed by atoms with Gasteiger partial charge in [-0.05, 0) is 12.1 Å². The second-order valence-electron chi connectivity index (χ2n) is 3.62. The molecule has 0 amide bonds. The van der Waals surface area contributed by atoms with Crippen LogP contribution in [0.4, 0.5) is 0 Å². The van der Waals surface area contributed by atoms with Crippen LogP contribution in [0.15, 0.2) is 16.6 Å². The number of hydrogen-bond acceptors (Lipinski definition) is 2. The van der Waals surface area contributed by atoms with Gasteiger partial charge in [0.15, 0.2) is 0 Å². The average Bonchev–Trinajstić information content (AvgIpc) is 2.12. The molecule has 0 saturated heterocycles. The van der Waals surface area contributed by atoms with Gasteiger partial charge >= 0.3 is 0 Å². The Morgan fingerprint density at radius 2 is 2.29 bits per heavy atom. The Hall–Kier alpha value is -0.250.